The van der Waals surface area contributed by atoms with Crippen LogP contribution in [-0.2, 0) is 6.42 Å². The van der Waals surface area contributed by atoms with Crippen molar-refractivity contribution in [3.63, 3.8) is 0 Å². The van der Waals surface area contributed by atoms with E-state index in [1.807, 2.05) is 12.1 Å². The normalized spacial score (nSPS) is 10.5. The Kier molecular flexibility index (Phi) is 2.70. The standard InChI is InChI=1S/C11H15/c1-9(2)8-11-7-5-4-6-10(11)3/h4-6,9H,8H2,1-3H3. The summed E-state index contributed by atoms with van der Waals surface area (Å²) in [6.45, 7) is 6.62. The quantitative estimate of drug-likeness (QED) is 0.603. The third kappa shape index (κ3) is 2.38. The molecule has 0 nitrogen and oxygen atoms in total. The largest absolute Gasteiger partial charge is 0.0625 e. The molecule has 0 heteroatoms. The van der Waals surface area contributed by atoms with E-state index in [2.05, 4.69) is 32.9 Å². The molecule has 0 aliphatic carbocycles. The van der Waals surface area contributed by atoms with E-state index >= 15 is 0 Å². The second kappa shape index (κ2) is 3.56. The number of hydrogen-bond acceptors (Lipinski definition) is 0. The van der Waals surface area contributed by atoms with Gasteiger partial charge in [-0.15, -0.1) is 0 Å². The number of rotatable bonds is 2. The molecule has 1 radical (unpaired) electrons. The smallest absolute Gasteiger partial charge is 0.0146 e. The zero-order valence-corrected chi connectivity index (χ0v) is 7.52. The highest BCUT2D eigenvalue weighted by atomic mass is 14.0. The second-order valence-electron chi connectivity index (χ2n) is 3.43. The van der Waals surface area contributed by atoms with Gasteiger partial charge in [-0.1, -0.05) is 32.0 Å². The Morgan fingerprint density at radius 1 is 1.45 bits per heavy atom. The molecule has 0 amide bonds. The molecule has 0 bridgehead atoms. The first-order valence-corrected chi connectivity index (χ1v) is 4.16. The van der Waals surface area contributed by atoms with Gasteiger partial charge >= 0.3 is 0 Å². The van der Waals surface area contributed by atoms with Gasteiger partial charge < -0.3 is 0 Å². The van der Waals surface area contributed by atoms with Crippen LogP contribution in [0.4, 0.5) is 0 Å². The van der Waals surface area contributed by atoms with Crippen molar-refractivity contribution < 1.29 is 0 Å². The lowest BCUT2D eigenvalue weighted by atomic mass is 9.99. The third-order valence-corrected chi connectivity index (χ3v) is 1.79. The first-order valence-electron chi connectivity index (χ1n) is 4.16. The minimum absolute atomic E-state index is 0.729. The summed E-state index contributed by atoms with van der Waals surface area (Å²) in [6, 6.07) is 9.45. The van der Waals surface area contributed by atoms with Crippen molar-refractivity contribution in [3.05, 3.63) is 35.4 Å². The minimum atomic E-state index is 0.729. The number of aryl methyl sites for hydroxylation is 1. The average Bonchev–Trinajstić information content (AvgIpc) is 1.93. The Bertz CT molecular complexity index is 223. The van der Waals surface area contributed by atoms with E-state index < -0.39 is 0 Å². The molecule has 0 saturated heterocycles. The molecular weight excluding hydrogens is 132 g/mol. The fraction of sp³-hybridized carbons (Fsp3) is 0.455. The van der Waals surface area contributed by atoms with Crippen LogP contribution in [-0.4, -0.2) is 0 Å². The van der Waals surface area contributed by atoms with Crippen molar-refractivity contribution in [3.8, 4) is 0 Å². The molecule has 0 N–H and O–H groups in total. The maximum absolute atomic E-state index is 3.27. The van der Waals surface area contributed by atoms with E-state index in [0.717, 1.165) is 12.3 Å². The van der Waals surface area contributed by atoms with Gasteiger partial charge in [0.05, 0.1) is 0 Å². The predicted octanol–water partition coefficient (Wildman–Crippen LogP) is 2.99. The van der Waals surface area contributed by atoms with E-state index in [1.54, 1.807) is 0 Å². The summed E-state index contributed by atoms with van der Waals surface area (Å²) in [7, 11) is 0. The van der Waals surface area contributed by atoms with Crippen molar-refractivity contribution >= 4 is 0 Å². The molecule has 1 aromatic carbocycles. The molecule has 0 aromatic heterocycles. The Labute approximate surface area is 69.3 Å². The maximum Gasteiger partial charge on any atom is -0.0146 e. The van der Waals surface area contributed by atoms with Crippen molar-refractivity contribution in [2.24, 2.45) is 5.92 Å². The molecule has 0 saturated carbocycles. The van der Waals surface area contributed by atoms with E-state index in [9.17, 15) is 0 Å². The van der Waals surface area contributed by atoms with Crippen LogP contribution in [0.1, 0.15) is 25.0 Å². The van der Waals surface area contributed by atoms with Crippen LogP contribution in [0.2, 0.25) is 0 Å². The predicted molar refractivity (Wildman–Crippen MR) is 48.6 cm³/mol. The highest BCUT2D eigenvalue weighted by Gasteiger charge is 1.99. The molecular formula is C11H15. The summed E-state index contributed by atoms with van der Waals surface area (Å²) < 4.78 is 0. The maximum atomic E-state index is 3.27. The van der Waals surface area contributed by atoms with Crippen molar-refractivity contribution in [2.45, 2.75) is 27.2 Å². The van der Waals surface area contributed by atoms with E-state index in [-0.39, 0.29) is 0 Å². The first-order chi connectivity index (χ1) is 5.20. The Hall–Kier alpha value is -0.780. The highest BCUT2D eigenvalue weighted by Crippen LogP contribution is 2.11. The van der Waals surface area contributed by atoms with Gasteiger partial charge in [0.25, 0.3) is 0 Å². The zero-order chi connectivity index (χ0) is 8.27. The van der Waals surface area contributed by atoms with Crippen LogP contribution in [0, 0.1) is 18.9 Å². The van der Waals surface area contributed by atoms with Gasteiger partial charge in [0.1, 0.15) is 0 Å². The molecule has 59 valence electrons. The van der Waals surface area contributed by atoms with Gasteiger partial charge in [-0.3, -0.25) is 0 Å². The van der Waals surface area contributed by atoms with E-state index in [0.29, 0.717) is 0 Å². The van der Waals surface area contributed by atoms with Crippen molar-refractivity contribution in [1.29, 1.82) is 0 Å². The SMILES string of the molecule is Cc1ccc[c]c1CC(C)C. The number of hydrogen-bond donors (Lipinski definition) is 0. The van der Waals surface area contributed by atoms with Gasteiger partial charge in [-0.05, 0) is 36.5 Å². The fourth-order valence-electron chi connectivity index (χ4n) is 1.18. The molecule has 0 heterocycles. The summed E-state index contributed by atoms with van der Waals surface area (Å²) in [5, 5.41) is 0. The van der Waals surface area contributed by atoms with Gasteiger partial charge in [0, 0.05) is 0 Å². The van der Waals surface area contributed by atoms with E-state index in [1.165, 1.54) is 11.1 Å². The molecule has 11 heavy (non-hydrogen) atoms. The lowest BCUT2D eigenvalue weighted by molar-refractivity contribution is 0.644. The van der Waals surface area contributed by atoms with Crippen LogP contribution in [0.15, 0.2) is 18.2 Å². The van der Waals surface area contributed by atoms with Crippen LogP contribution in [0.3, 0.4) is 0 Å². The summed E-state index contributed by atoms with van der Waals surface area (Å²) in [6.07, 6.45) is 1.15. The Morgan fingerprint density at radius 3 is 2.73 bits per heavy atom. The molecule has 1 rings (SSSR count). The van der Waals surface area contributed by atoms with Crippen LogP contribution in [0.5, 0.6) is 0 Å². The lowest BCUT2D eigenvalue weighted by Crippen LogP contribution is -1.96. The van der Waals surface area contributed by atoms with Crippen molar-refractivity contribution in [2.75, 3.05) is 0 Å². The lowest BCUT2D eigenvalue weighted by Gasteiger charge is -2.06. The monoisotopic (exact) mass is 147 g/mol. The molecule has 0 unspecified atom stereocenters. The van der Waals surface area contributed by atoms with E-state index in [4.69, 9.17) is 0 Å². The summed E-state index contributed by atoms with van der Waals surface area (Å²) in [5.41, 5.74) is 2.73. The third-order valence-electron chi connectivity index (χ3n) is 1.79. The van der Waals surface area contributed by atoms with Crippen LogP contribution >= 0.6 is 0 Å². The van der Waals surface area contributed by atoms with Gasteiger partial charge in [0.15, 0.2) is 0 Å². The van der Waals surface area contributed by atoms with Crippen LogP contribution in [0.25, 0.3) is 0 Å². The molecule has 0 spiro atoms. The molecule has 0 fully saturated rings. The molecule has 0 aliphatic rings. The Balaban J connectivity index is 2.78. The second-order valence-corrected chi connectivity index (χ2v) is 3.43. The van der Waals surface area contributed by atoms with Gasteiger partial charge in [0.2, 0.25) is 0 Å². The Morgan fingerprint density at radius 2 is 2.18 bits per heavy atom. The number of benzene rings is 1. The molecule has 1 aromatic rings. The van der Waals surface area contributed by atoms with Crippen LogP contribution < -0.4 is 0 Å². The average molecular weight is 147 g/mol. The first kappa shape index (κ1) is 8.32. The zero-order valence-electron chi connectivity index (χ0n) is 7.52. The molecule has 0 aliphatic heterocycles. The van der Waals surface area contributed by atoms with Gasteiger partial charge in [-0.25, -0.2) is 0 Å². The van der Waals surface area contributed by atoms with Gasteiger partial charge in [-0.2, -0.15) is 0 Å². The topological polar surface area (TPSA) is 0 Å². The minimum Gasteiger partial charge on any atom is -0.0625 e. The molecule has 0 atom stereocenters. The summed E-state index contributed by atoms with van der Waals surface area (Å²) in [4.78, 5) is 0. The fourth-order valence-corrected chi connectivity index (χ4v) is 1.18. The summed E-state index contributed by atoms with van der Waals surface area (Å²) in [5.74, 6) is 0.729. The summed E-state index contributed by atoms with van der Waals surface area (Å²) >= 11 is 0. The van der Waals surface area contributed by atoms with Crippen molar-refractivity contribution in [1.82, 2.24) is 0 Å². The highest BCUT2D eigenvalue weighted by molar-refractivity contribution is 5.24.